The molecule has 18 heavy (non-hydrogen) atoms. The highest BCUT2D eigenvalue weighted by atomic mass is 32.2. The summed E-state index contributed by atoms with van der Waals surface area (Å²) in [6, 6.07) is 21.5. The monoisotopic (exact) mass is 253 g/mol. The van der Waals surface area contributed by atoms with Crippen LogP contribution in [0.4, 0.5) is 0 Å². The lowest BCUT2D eigenvalue weighted by atomic mass is 9.99. The third-order valence-corrected chi connectivity index (χ3v) is 4.40. The van der Waals surface area contributed by atoms with E-state index in [1.165, 1.54) is 16.2 Å². The van der Waals surface area contributed by atoms with Gasteiger partial charge in [0.15, 0.2) is 0 Å². The van der Waals surface area contributed by atoms with Crippen LogP contribution in [0.2, 0.25) is 0 Å². The number of hydrogen-bond donors (Lipinski definition) is 0. The van der Waals surface area contributed by atoms with Crippen LogP contribution in [-0.4, -0.2) is 5.04 Å². The highest BCUT2D eigenvalue weighted by molar-refractivity contribution is 8.14. The zero-order valence-electron chi connectivity index (χ0n) is 10.3. The van der Waals surface area contributed by atoms with Crippen molar-refractivity contribution >= 4 is 16.8 Å². The summed E-state index contributed by atoms with van der Waals surface area (Å²) in [6.45, 7) is 2.10. The van der Waals surface area contributed by atoms with Crippen LogP contribution in [0.25, 0.3) is 0 Å². The van der Waals surface area contributed by atoms with Crippen LogP contribution in [-0.2, 0) is 0 Å². The molecule has 0 aromatic heterocycles. The summed E-state index contributed by atoms with van der Waals surface area (Å²) in [6.07, 6.45) is 0. The van der Waals surface area contributed by atoms with Crippen LogP contribution in [0.5, 0.6) is 0 Å². The summed E-state index contributed by atoms with van der Waals surface area (Å²) in [5.41, 5.74) is 2.66. The van der Waals surface area contributed by atoms with Gasteiger partial charge in [0, 0.05) is 0 Å². The Labute approximate surface area is 112 Å². The Kier molecular flexibility index (Phi) is 3.20. The van der Waals surface area contributed by atoms with Crippen LogP contribution in [0.3, 0.4) is 0 Å². The summed E-state index contributed by atoms with van der Waals surface area (Å²) in [5, 5.41) is 1.59. The molecular weight excluding hydrogens is 238 g/mol. The van der Waals surface area contributed by atoms with E-state index in [1.807, 2.05) is 11.8 Å². The highest BCUT2D eigenvalue weighted by Crippen LogP contribution is 2.48. The van der Waals surface area contributed by atoms with Gasteiger partial charge in [-0.05, 0) is 18.1 Å². The molecule has 0 fully saturated rings. The van der Waals surface area contributed by atoms with E-state index >= 15 is 0 Å². The smallest absolute Gasteiger partial charge is 0.0921 e. The molecule has 1 nitrogen and oxygen atoms in total. The van der Waals surface area contributed by atoms with Gasteiger partial charge in [0.1, 0.15) is 0 Å². The van der Waals surface area contributed by atoms with Crippen LogP contribution in [0.1, 0.15) is 29.3 Å². The van der Waals surface area contributed by atoms with Crippen molar-refractivity contribution in [2.75, 3.05) is 0 Å². The highest BCUT2D eigenvalue weighted by Gasteiger charge is 2.30. The van der Waals surface area contributed by atoms with Gasteiger partial charge in [-0.3, -0.25) is 4.99 Å². The van der Waals surface area contributed by atoms with Gasteiger partial charge < -0.3 is 0 Å². The third-order valence-electron chi connectivity index (χ3n) is 3.17. The Morgan fingerprint density at radius 1 is 0.833 bits per heavy atom. The fourth-order valence-electron chi connectivity index (χ4n) is 2.33. The molecule has 3 rings (SSSR count). The van der Waals surface area contributed by atoms with E-state index in [4.69, 9.17) is 4.99 Å². The molecule has 1 aliphatic heterocycles. The standard InChI is InChI=1S/C16H15NS/c1-12-17-15(13-8-4-2-5-9-13)16(18-12)14-10-6-3-7-11-14/h2-11,15-16H,1H3/t15-,16-/m0/s1. The summed E-state index contributed by atoms with van der Waals surface area (Å²) in [7, 11) is 0. The average Bonchev–Trinajstić information content (AvgIpc) is 2.83. The van der Waals surface area contributed by atoms with Crippen molar-refractivity contribution in [1.29, 1.82) is 0 Å². The largest absolute Gasteiger partial charge is 0.274 e. The maximum atomic E-state index is 4.80. The zero-order valence-corrected chi connectivity index (χ0v) is 11.1. The van der Waals surface area contributed by atoms with Gasteiger partial charge >= 0.3 is 0 Å². The Balaban J connectivity index is 1.97. The maximum absolute atomic E-state index is 4.80. The molecular formula is C16H15NS. The second-order valence-electron chi connectivity index (χ2n) is 4.45. The van der Waals surface area contributed by atoms with E-state index in [2.05, 4.69) is 67.6 Å². The van der Waals surface area contributed by atoms with Gasteiger partial charge in [0.05, 0.1) is 16.3 Å². The van der Waals surface area contributed by atoms with Crippen LogP contribution in [0, 0.1) is 0 Å². The Morgan fingerprint density at radius 3 is 2.00 bits per heavy atom. The van der Waals surface area contributed by atoms with Crippen molar-refractivity contribution in [1.82, 2.24) is 0 Å². The molecule has 2 atom stereocenters. The second-order valence-corrected chi connectivity index (χ2v) is 5.79. The quantitative estimate of drug-likeness (QED) is 0.760. The predicted octanol–water partition coefficient (Wildman–Crippen LogP) is 4.63. The van der Waals surface area contributed by atoms with Gasteiger partial charge in [-0.25, -0.2) is 0 Å². The van der Waals surface area contributed by atoms with Gasteiger partial charge in [-0.1, -0.05) is 60.7 Å². The normalized spacial score (nSPS) is 22.8. The van der Waals surface area contributed by atoms with Crippen molar-refractivity contribution in [2.45, 2.75) is 18.2 Å². The van der Waals surface area contributed by atoms with E-state index < -0.39 is 0 Å². The molecule has 2 heteroatoms. The molecule has 0 aliphatic carbocycles. The molecule has 0 amide bonds. The van der Waals surface area contributed by atoms with E-state index in [1.54, 1.807) is 0 Å². The SMILES string of the molecule is CC1=N[C@@H](c2ccccc2)[C@H](c2ccccc2)S1. The number of thioether (sulfide) groups is 1. The second kappa shape index (κ2) is 4.99. The fourth-order valence-corrected chi connectivity index (χ4v) is 3.52. The molecule has 0 N–H and O–H groups in total. The zero-order chi connectivity index (χ0) is 12.4. The molecule has 0 saturated heterocycles. The molecule has 90 valence electrons. The van der Waals surface area contributed by atoms with Gasteiger partial charge in [0.2, 0.25) is 0 Å². The molecule has 0 saturated carbocycles. The summed E-state index contributed by atoms with van der Waals surface area (Å²) in [4.78, 5) is 4.80. The lowest BCUT2D eigenvalue weighted by Gasteiger charge is -2.17. The summed E-state index contributed by atoms with van der Waals surface area (Å²) < 4.78 is 0. The lowest BCUT2D eigenvalue weighted by Crippen LogP contribution is -2.02. The first-order chi connectivity index (χ1) is 8.84. The van der Waals surface area contributed by atoms with E-state index in [9.17, 15) is 0 Å². The van der Waals surface area contributed by atoms with Crippen molar-refractivity contribution in [3.05, 3.63) is 71.8 Å². The first kappa shape index (κ1) is 11.5. The number of aliphatic imine (C=N–C) groups is 1. The van der Waals surface area contributed by atoms with Crippen molar-refractivity contribution in [2.24, 2.45) is 4.99 Å². The van der Waals surface area contributed by atoms with Crippen LogP contribution >= 0.6 is 11.8 Å². The molecule has 1 heterocycles. The fraction of sp³-hybridized carbons (Fsp3) is 0.188. The Bertz CT molecular complexity index is 548. The van der Waals surface area contributed by atoms with Gasteiger partial charge in [0.25, 0.3) is 0 Å². The topological polar surface area (TPSA) is 12.4 Å². The van der Waals surface area contributed by atoms with Gasteiger partial charge in [-0.15, -0.1) is 11.8 Å². The first-order valence-corrected chi connectivity index (χ1v) is 7.03. The molecule has 2 aromatic rings. The molecule has 0 bridgehead atoms. The molecule has 1 aliphatic rings. The average molecular weight is 253 g/mol. The molecule has 0 unspecified atom stereocenters. The van der Waals surface area contributed by atoms with Crippen molar-refractivity contribution in [3.63, 3.8) is 0 Å². The first-order valence-electron chi connectivity index (χ1n) is 6.15. The lowest BCUT2D eigenvalue weighted by molar-refractivity contribution is 0.724. The summed E-state index contributed by atoms with van der Waals surface area (Å²) >= 11 is 1.87. The number of rotatable bonds is 2. The Hall–Kier alpha value is -1.54. The minimum Gasteiger partial charge on any atom is -0.274 e. The summed E-state index contributed by atoms with van der Waals surface area (Å²) in [5.74, 6) is 0. The van der Waals surface area contributed by atoms with E-state index in [0.29, 0.717) is 5.25 Å². The molecule has 0 radical (unpaired) electrons. The van der Waals surface area contributed by atoms with Crippen molar-refractivity contribution < 1.29 is 0 Å². The number of nitrogens with zero attached hydrogens (tertiary/aromatic N) is 1. The van der Waals surface area contributed by atoms with E-state index in [-0.39, 0.29) is 6.04 Å². The van der Waals surface area contributed by atoms with Crippen molar-refractivity contribution in [3.8, 4) is 0 Å². The minimum absolute atomic E-state index is 0.249. The predicted molar refractivity (Wildman–Crippen MR) is 79.1 cm³/mol. The maximum Gasteiger partial charge on any atom is 0.0921 e. The number of hydrogen-bond acceptors (Lipinski definition) is 2. The van der Waals surface area contributed by atoms with Crippen LogP contribution in [0.15, 0.2) is 65.7 Å². The Morgan fingerprint density at radius 2 is 1.39 bits per heavy atom. The molecule has 2 aromatic carbocycles. The number of benzene rings is 2. The molecule has 0 spiro atoms. The minimum atomic E-state index is 0.249. The third kappa shape index (κ3) is 2.21. The van der Waals surface area contributed by atoms with E-state index in [0.717, 1.165) is 0 Å². The van der Waals surface area contributed by atoms with Gasteiger partial charge in [-0.2, -0.15) is 0 Å². The van der Waals surface area contributed by atoms with Crippen LogP contribution < -0.4 is 0 Å².